The molecule has 2 aliphatic rings. The summed E-state index contributed by atoms with van der Waals surface area (Å²) in [5.41, 5.74) is 0.983. The molecule has 2 fully saturated rings. The molecule has 1 aliphatic heterocycles. The molecule has 5 nitrogen and oxygen atoms in total. The summed E-state index contributed by atoms with van der Waals surface area (Å²) in [5.74, 6) is -0.0783. The number of cyclic esters (lactones) is 1. The summed E-state index contributed by atoms with van der Waals surface area (Å²) >= 11 is 0. The maximum absolute atomic E-state index is 12.5. The van der Waals surface area contributed by atoms with Crippen molar-refractivity contribution in [2.24, 2.45) is 23.2 Å². The highest BCUT2D eigenvalue weighted by Crippen LogP contribution is 2.59. The molecule has 4 rings (SSSR count). The SMILES string of the molecule is C[C@@H]1[C@@H](C)C[C@@]2(O)C(=O)O[C@H](C)[C@@]2(C)[C@H]1/C=C/c1ccc(-c2ccccc2C#N)cn1. The van der Waals surface area contributed by atoms with Gasteiger partial charge in [-0.2, -0.15) is 5.26 Å². The topological polar surface area (TPSA) is 83.2 Å². The summed E-state index contributed by atoms with van der Waals surface area (Å²) in [7, 11) is 0. The number of hydrogen-bond donors (Lipinski definition) is 1. The lowest BCUT2D eigenvalue weighted by molar-refractivity contribution is -0.168. The van der Waals surface area contributed by atoms with Crippen LogP contribution in [0, 0.1) is 34.5 Å². The van der Waals surface area contributed by atoms with E-state index in [1.54, 1.807) is 12.3 Å². The van der Waals surface area contributed by atoms with Crippen LogP contribution in [-0.4, -0.2) is 27.8 Å². The van der Waals surface area contributed by atoms with Crippen molar-refractivity contribution in [3.8, 4) is 17.2 Å². The minimum absolute atomic E-state index is 0.0384. The fraction of sp³-hybridized carbons (Fsp3) is 0.423. The van der Waals surface area contributed by atoms with Gasteiger partial charge in [-0.05, 0) is 49.3 Å². The fourth-order valence-corrected chi connectivity index (χ4v) is 5.41. The molecular formula is C26H28N2O3. The number of benzene rings is 1. The Balaban J connectivity index is 1.64. The normalized spacial score (nSPS) is 34.9. The van der Waals surface area contributed by atoms with Crippen molar-refractivity contribution in [2.75, 3.05) is 0 Å². The molecule has 6 atom stereocenters. The molecule has 1 N–H and O–H groups in total. The fourth-order valence-electron chi connectivity index (χ4n) is 5.41. The van der Waals surface area contributed by atoms with Crippen LogP contribution in [0.5, 0.6) is 0 Å². The predicted molar refractivity (Wildman–Crippen MR) is 118 cm³/mol. The Hall–Kier alpha value is -2.97. The molecule has 1 aromatic heterocycles. The molecule has 160 valence electrons. The molecule has 0 bridgehead atoms. The molecule has 31 heavy (non-hydrogen) atoms. The van der Waals surface area contributed by atoms with Crippen LogP contribution in [0.4, 0.5) is 0 Å². The number of hydrogen-bond acceptors (Lipinski definition) is 5. The van der Waals surface area contributed by atoms with Gasteiger partial charge in [-0.3, -0.25) is 4.98 Å². The van der Waals surface area contributed by atoms with Gasteiger partial charge in [0.25, 0.3) is 0 Å². The van der Waals surface area contributed by atoms with Crippen molar-refractivity contribution in [3.63, 3.8) is 0 Å². The number of nitriles is 1. The minimum Gasteiger partial charge on any atom is -0.460 e. The highest BCUT2D eigenvalue weighted by atomic mass is 16.6. The number of aromatic nitrogens is 1. The van der Waals surface area contributed by atoms with E-state index < -0.39 is 17.0 Å². The Bertz CT molecular complexity index is 1070. The molecule has 1 saturated heterocycles. The summed E-state index contributed by atoms with van der Waals surface area (Å²) in [6, 6.07) is 13.6. The lowest BCUT2D eigenvalue weighted by Gasteiger charge is -2.51. The molecule has 0 unspecified atom stereocenters. The zero-order valence-electron chi connectivity index (χ0n) is 18.4. The molecule has 0 radical (unpaired) electrons. The summed E-state index contributed by atoms with van der Waals surface area (Å²) in [6.45, 7) is 8.10. The first-order chi connectivity index (χ1) is 14.7. The number of carbonyl (C=O) groups is 1. The average Bonchev–Trinajstić information content (AvgIpc) is 2.94. The van der Waals surface area contributed by atoms with E-state index in [2.05, 4.69) is 31.0 Å². The lowest BCUT2D eigenvalue weighted by Crippen LogP contribution is -2.60. The van der Waals surface area contributed by atoms with Crippen molar-refractivity contribution in [3.05, 3.63) is 59.9 Å². The third-order valence-corrected chi connectivity index (χ3v) is 7.75. The molecule has 1 aliphatic carbocycles. The first-order valence-electron chi connectivity index (χ1n) is 10.8. The smallest absolute Gasteiger partial charge is 0.339 e. The number of aliphatic hydroxyl groups is 1. The molecule has 2 aromatic rings. The van der Waals surface area contributed by atoms with E-state index >= 15 is 0 Å². The molecule has 1 saturated carbocycles. The zero-order chi connectivity index (χ0) is 22.4. The van der Waals surface area contributed by atoms with E-state index in [1.807, 2.05) is 50.3 Å². The number of carbonyl (C=O) groups excluding carboxylic acids is 1. The van der Waals surface area contributed by atoms with Gasteiger partial charge in [-0.1, -0.05) is 51.1 Å². The van der Waals surface area contributed by atoms with Crippen LogP contribution in [0.25, 0.3) is 17.2 Å². The maximum Gasteiger partial charge on any atom is 0.339 e. The molecule has 5 heteroatoms. The van der Waals surface area contributed by atoms with Gasteiger partial charge < -0.3 is 9.84 Å². The minimum atomic E-state index is -1.47. The highest BCUT2D eigenvalue weighted by Gasteiger charge is 2.69. The largest absolute Gasteiger partial charge is 0.460 e. The first-order valence-corrected chi connectivity index (χ1v) is 10.8. The predicted octanol–water partition coefficient (Wildman–Crippen LogP) is 4.61. The van der Waals surface area contributed by atoms with Crippen molar-refractivity contribution >= 4 is 12.0 Å². The second kappa shape index (κ2) is 7.62. The van der Waals surface area contributed by atoms with E-state index in [1.165, 1.54) is 0 Å². The lowest BCUT2D eigenvalue weighted by atomic mass is 9.52. The number of allylic oxidation sites excluding steroid dienone is 1. The van der Waals surface area contributed by atoms with Crippen molar-refractivity contribution in [2.45, 2.75) is 45.8 Å². The molecule has 0 spiro atoms. The average molecular weight is 417 g/mol. The van der Waals surface area contributed by atoms with E-state index in [9.17, 15) is 15.2 Å². The van der Waals surface area contributed by atoms with Gasteiger partial charge in [-0.15, -0.1) is 0 Å². The summed E-state index contributed by atoms with van der Waals surface area (Å²) < 4.78 is 5.51. The number of rotatable bonds is 3. The second-order valence-electron chi connectivity index (χ2n) is 9.25. The van der Waals surface area contributed by atoms with Crippen LogP contribution in [-0.2, 0) is 9.53 Å². The Morgan fingerprint density at radius 1 is 1.23 bits per heavy atom. The van der Waals surface area contributed by atoms with Gasteiger partial charge in [0, 0.05) is 17.3 Å². The van der Waals surface area contributed by atoms with E-state index in [-0.39, 0.29) is 23.9 Å². The van der Waals surface area contributed by atoms with E-state index in [0.717, 1.165) is 16.8 Å². The molecule has 2 heterocycles. The monoisotopic (exact) mass is 416 g/mol. The first kappa shape index (κ1) is 21.3. The zero-order valence-corrected chi connectivity index (χ0v) is 18.4. The van der Waals surface area contributed by atoms with Crippen LogP contribution in [0.2, 0.25) is 0 Å². The summed E-state index contributed by atoms with van der Waals surface area (Å²) in [5, 5.41) is 20.7. The van der Waals surface area contributed by atoms with Gasteiger partial charge in [0.2, 0.25) is 0 Å². The van der Waals surface area contributed by atoms with Gasteiger partial charge in [-0.25, -0.2) is 4.79 Å². The van der Waals surface area contributed by atoms with Crippen LogP contribution < -0.4 is 0 Å². The number of fused-ring (bicyclic) bond motifs is 1. The standard InChI is InChI=1S/C26H28N2O3/c1-16-13-26(30)24(29)31-18(3)25(26,4)23(17(16)2)12-11-21-10-9-20(15-28-21)22-8-6-5-7-19(22)14-27/h5-12,15-18,23,30H,13H2,1-4H3/b12-11+/t16-,17+,18+,23-,25-,26+/m0/s1. The van der Waals surface area contributed by atoms with Crippen molar-refractivity contribution < 1.29 is 14.6 Å². The Kier molecular flexibility index (Phi) is 5.23. The van der Waals surface area contributed by atoms with Crippen LogP contribution in [0.15, 0.2) is 48.7 Å². The number of esters is 1. The number of pyridine rings is 1. The van der Waals surface area contributed by atoms with E-state index in [0.29, 0.717) is 12.0 Å². The second-order valence-corrected chi connectivity index (χ2v) is 9.25. The quantitative estimate of drug-likeness (QED) is 0.739. The van der Waals surface area contributed by atoms with Crippen LogP contribution >= 0.6 is 0 Å². The van der Waals surface area contributed by atoms with Gasteiger partial charge >= 0.3 is 5.97 Å². The van der Waals surface area contributed by atoms with E-state index in [4.69, 9.17) is 4.74 Å². The highest BCUT2D eigenvalue weighted by molar-refractivity contribution is 5.84. The number of ether oxygens (including phenoxy) is 1. The summed E-state index contributed by atoms with van der Waals surface area (Å²) in [6.07, 6.45) is 5.86. The third kappa shape index (κ3) is 3.18. The van der Waals surface area contributed by atoms with Crippen LogP contribution in [0.3, 0.4) is 0 Å². The molecule has 1 aromatic carbocycles. The molecular weight excluding hydrogens is 388 g/mol. The maximum atomic E-state index is 12.5. The van der Waals surface area contributed by atoms with Crippen molar-refractivity contribution in [1.82, 2.24) is 4.98 Å². The Morgan fingerprint density at radius 3 is 2.65 bits per heavy atom. The van der Waals surface area contributed by atoms with Gasteiger partial charge in [0.05, 0.1) is 22.7 Å². The van der Waals surface area contributed by atoms with Crippen molar-refractivity contribution in [1.29, 1.82) is 5.26 Å². The van der Waals surface area contributed by atoms with Crippen LogP contribution in [0.1, 0.15) is 45.4 Å². The number of nitrogens with zero attached hydrogens (tertiary/aromatic N) is 2. The van der Waals surface area contributed by atoms with Gasteiger partial charge in [0.15, 0.2) is 5.60 Å². The van der Waals surface area contributed by atoms with Gasteiger partial charge in [0.1, 0.15) is 6.10 Å². The Labute approximate surface area is 183 Å². The third-order valence-electron chi connectivity index (χ3n) is 7.75. The summed E-state index contributed by atoms with van der Waals surface area (Å²) in [4.78, 5) is 17.1. The molecule has 0 amide bonds. The Morgan fingerprint density at radius 2 is 1.97 bits per heavy atom.